The van der Waals surface area contributed by atoms with Gasteiger partial charge in [-0.25, -0.2) is 4.79 Å². The first-order valence-electron chi connectivity index (χ1n) is 9.05. The Morgan fingerprint density at radius 1 is 1.16 bits per heavy atom. The molecule has 1 saturated heterocycles. The number of hydrogen-bond donors (Lipinski definition) is 2. The summed E-state index contributed by atoms with van der Waals surface area (Å²) in [6.45, 7) is 3.82. The van der Waals surface area contributed by atoms with Gasteiger partial charge >= 0.3 is 6.03 Å². The fourth-order valence-electron chi connectivity index (χ4n) is 3.86. The Morgan fingerprint density at radius 2 is 1.76 bits per heavy atom. The number of urea groups is 1. The summed E-state index contributed by atoms with van der Waals surface area (Å²) in [5, 5.41) is 5.72. The van der Waals surface area contributed by atoms with Crippen LogP contribution in [0.4, 0.5) is 10.5 Å². The van der Waals surface area contributed by atoms with Gasteiger partial charge in [-0.15, -0.1) is 0 Å². The lowest BCUT2D eigenvalue weighted by atomic mass is 9.98. The Labute approximate surface area is 148 Å². The average molecular weight is 343 g/mol. The monoisotopic (exact) mass is 343 g/mol. The van der Waals surface area contributed by atoms with Crippen molar-refractivity contribution in [1.29, 1.82) is 0 Å². The lowest BCUT2D eigenvalue weighted by molar-refractivity contribution is -0.133. The van der Waals surface area contributed by atoms with E-state index in [2.05, 4.69) is 10.6 Å². The SMILES string of the molecule is CCc1cccc(CC)c1NC(=O)CN1C(=O)NC2(CCCC2)C1=O. The molecule has 0 unspecified atom stereocenters. The molecule has 1 aliphatic carbocycles. The van der Waals surface area contributed by atoms with Crippen molar-refractivity contribution in [2.75, 3.05) is 11.9 Å². The minimum Gasteiger partial charge on any atom is -0.324 e. The van der Waals surface area contributed by atoms with Gasteiger partial charge in [0.15, 0.2) is 0 Å². The topological polar surface area (TPSA) is 78.5 Å². The van der Waals surface area contributed by atoms with Gasteiger partial charge in [0.1, 0.15) is 12.1 Å². The fraction of sp³-hybridized carbons (Fsp3) is 0.526. The highest BCUT2D eigenvalue weighted by atomic mass is 16.2. The Morgan fingerprint density at radius 3 is 2.32 bits per heavy atom. The maximum absolute atomic E-state index is 12.6. The van der Waals surface area contributed by atoms with Gasteiger partial charge in [-0.3, -0.25) is 14.5 Å². The molecule has 2 aliphatic rings. The largest absolute Gasteiger partial charge is 0.325 e. The average Bonchev–Trinajstić information content (AvgIpc) is 3.16. The third kappa shape index (κ3) is 3.13. The van der Waals surface area contributed by atoms with Crippen LogP contribution in [0.25, 0.3) is 0 Å². The molecule has 2 fully saturated rings. The van der Waals surface area contributed by atoms with Crippen LogP contribution in [0, 0.1) is 0 Å². The van der Waals surface area contributed by atoms with Crippen LogP contribution >= 0.6 is 0 Å². The van der Waals surface area contributed by atoms with E-state index in [0.717, 1.165) is 47.4 Å². The number of nitrogens with one attached hydrogen (secondary N) is 2. The van der Waals surface area contributed by atoms with E-state index in [1.54, 1.807) is 0 Å². The molecule has 0 aromatic heterocycles. The summed E-state index contributed by atoms with van der Waals surface area (Å²) in [6.07, 6.45) is 4.78. The predicted molar refractivity (Wildman–Crippen MR) is 95.3 cm³/mol. The molecule has 6 heteroatoms. The Hall–Kier alpha value is -2.37. The molecular formula is C19H25N3O3. The summed E-state index contributed by atoms with van der Waals surface area (Å²) in [6, 6.07) is 5.49. The predicted octanol–water partition coefficient (Wildman–Crippen LogP) is 2.61. The maximum Gasteiger partial charge on any atom is 0.325 e. The number of carbonyl (C=O) groups is 3. The Kier molecular flexibility index (Phi) is 4.79. The number of imide groups is 1. The summed E-state index contributed by atoms with van der Waals surface area (Å²) < 4.78 is 0. The van der Waals surface area contributed by atoms with Crippen molar-refractivity contribution in [3.8, 4) is 0 Å². The lowest BCUT2D eigenvalue weighted by Crippen LogP contribution is -2.44. The zero-order valence-electron chi connectivity index (χ0n) is 14.9. The Bertz CT molecular complexity index is 686. The number of aryl methyl sites for hydroxylation is 2. The second-order valence-corrected chi connectivity index (χ2v) is 6.82. The zero-order chi connectivity index (χ0) is 18.0. The first-order chi connectivity index (χ1) is 12.0. The highest BCUT2D eigenvalue weighted by Gasteiger charge is 2.52. The number of para-hydroxylation sites is 1. The van der Waals surface area contributed by atoms with E-state index in [0.29, 0.717) is 12.8 Å². The first kappa shape index (κ1) is 17.5. The maximum atomic E-state index is 12.6. The van der Waals surface area contributed by atoms with Crippen LogP contribution < -0.4 is 10.6 Å². The molecule has 1 aliphatic heterocycles. The van der Waals surface area contributed by atoms with Crippen LogP contribution in [0.3, 0.4) is 0 Å². The third-order valence-electron chi connectivity index (χ3n) is 5.27. The summed E-state index contributed by atoms with van der Waals surface area (Å²) in [7, 11) is 0. The van der Waals surface area contributed by atoms with Crippen LogP contribution in [-0.4, -0.2) is 34.8 Å². The second kappa shape index (κ2) is 6.86. The quantitative estimate of drug-likeness (QED) is 0.807. The van der Waals surface area contributed by atoms with E-state index < -0.39 is 11.6 Å². The molecule has 1 spiro atoms. The first-order valence-corrected chi connectivity index (χ1v) is 9.05. The van der Waals surface area contributed by atoms with E-state index in [9.17, 15) is 14.4 Å². The molecule has 4 amide bonds. The van der Waals surface area contributed by atoms with Crippen molar-refractivity contribution < 1.29 is 14.4 Å². The standard InChI is InChI=1S/C19H25N3O3/c1-3-13-8-7-9-14(4-2)16(13)20-15(23)12-22-17(24)19(21-18(22)25)10-5-6-11-19/h7-9H,3-6,10-12H2,1-2H3,(H,20,23)(H,21,25). The molecule has 1 saturated carbocycles. The number of hydrogen-bond acceptors (Lipinski definition) is 3. The van der Waals surface area contributed by atoms with E-state index in [1.807, 2.05) is 32.0 Å². The normalized spacial score (nSPS) is 18.7. The van der Waals surface area contributed by atoms with E-state index >= 15 is 0 Å². The fourth-order valence-corrected chi connectivity index (χ4v) is 3.86. The van der Waals surface area contributed by atoms with Crippen LogP contribution in [0.5, 0.6) is 0 Å². The third-order valence-corrected chi connectivity index (χ3v) is 5.27. The molecule has 1 heterocycles. The van der Waals surface area contributed by atoms with Crippen molar-refractivity contribution >= 4 is 23.5 Å². The molecule has 3 rings (SSSR count). The van der Waals surface area contributed by atoms with Crippen molar-refractivity contribution in [2.24, 2.45) is 0 Å². The summed E-state index contributed by atoms with van der Waals surface area (Å²) >= 11 is 0. The molecule has 0 atom stereocenters. The molecule has 2 N–H and O–H groups in total. The minimum absolute atomic E-state index is 0.242. The van der Waals surface area contributed by atoms with Crippen molar-refractivity contribution in [1.82, 2.24) is 10.2 Å². The van der Waals surface area contributed by atoms with Crippen LogP contribution in [0.15, 0.2) is 18.2 Å². The van der Waals surface area contributed by atoms with Crippen molar-refractivity contribution in [2.45, 2.75) is 57.9 Å². The van der Waals surface area contributed by atoms with E-state index in [4.69, 9.17) is 0 Å². The molecule has 25 heavy (non-hydrogen) atoms. The summed E-state index contributed by atoms with van der Waals surface area (Å²) in [5.41, 5.74) is 2.14. The highest BCUT2D eigenvalue weighted by Crippen LogP contribution is 2.35. The van der Waals surface area contributed by atoms with E-state index in [-0.39, 0.29) is 18.4 Å². The van der Waals surface area contributed by atoms with Crippen molar-refractivity contribution in [3.63, 3.8) is 0 Å². The number of rotatable bonds is 5. The molecule has 6 nitrogen and oxygen atoms in total. The van der Waals surface area contributed by atoms with Crippen LogP contribution in [-0.2, 0) is 22.4 Å². The minimum atomic E-state index is -0.771. The Balaban J connectivity index is 1.73. The van der Waals surface area contributed by atoms with Crippen LogP contribution in [0.2, 0.25) is 0 Å². The van der Waals surface area contributed by atoms with Gasteiger partial charge in [0, 0.05) is 5.69 Å². The van der Waals surface area contributed by atoms with Gasteiger partial charge in [0.25, 0.3) is 5.91 Å². The molecule has 0 bridgehead atoms. The van der Waals surface area contributed by atoms with Gasteiger partial charge in [-0.1, -0.05) is 44.9 Å². The summed E-state index contributed by atoms with van der Waals surface area (Å²) in [5.74, 6) is -0.598. The number of benzene rings is 1. The number of nitrogens with zero attached hydrogens (tertiary/aromatic N) is 1. The summed E-state index contributed by atoms with van der Waals surface area (Å²) in [4.78, 5) is 38.4. The molecule has 1 aromatic carbocycles. The van der Waals surface area contributed by atoms with Crippen molar-refractivity contribution in [3.05, 3.63) is 29.3 Å². The van der Waals surface area contributed by atoms with Gasteiger partial charge in [0.05, 0.1) is 0 Å². The number of carbonyl (C=O) groups excluding carboxylic acids is 3. The van der Waals surface area contributed by atoms with Gasteiger partial charge in [-0.2, -0.15) is 0 Å². The lowest BCUT2D eigenvalue weighted by Gasteiger charge is -2.20. The second-order valence-electron chi connectivity index (χ2n) is 6.82. The van der Waals surface area contributed by atoms with Gasteiger partial charge in [-0.05, 0) is 36.8 Å². The van der Waals surface area contributed by atoms with Gasteiger partial charge < -0.3 is 10.6 Å². The molecular weight excluding hydrogens is 318 g/mol. The van der Waals surface area contributed by atoms with E-state index in [1.165, 1.54) is 0 Å². The molecule has 134 valence electrons. The highest BCUT2D eigenvalue weighted by molar-refractivity contribution is 6.10. The number of amides is 4. The molecule has 1 aromatic rings. The number of anilines is 1. The van der Waals surface area contributed by atoms with Gasteiger partial charge in [0.2, 0.25) is 5.91 Å². The smallest absolute Gasteiger partial charge is 0.324 e. The zero-order valence-corrected chi connectivity index (χ0v) is 14.9. The van der Waals surface area contributed by atoms with Crippen LogP contribution in [0.1, 0.15) is 50.7 Å². The molecule has 0 radical (unpaired) electrons.